The Morgan fingerprint density at radius 3 is 2.52 bits per heavy atom. The largest absolute Gasteiger partial charge is 0.369 e. The van der Waals surface area contributed by atoms with Gasteiger partial charge < -0.3 is 10.6 Å². The first kappa shape index (κ1) is 17.1. The Morgan fingerprint density at radius 2 is 1.85 bits per heavy atom. The van der Waals surface area contributed by atoms with E-state index < -0.39 is 0 Å². The van der Waals surface area contributed by atoms with E-state index >= 15 is 0 Å². The second-order valence-electron chi connectivity index (χ2n) is 6.38. The molecular formula is C18H20N8O. The van der Waals surface area contributed by atoms with E-state index in [1.54, 1.807) is 6.20 Å². The molecule has 9 nitrogen and oxygen atoms in total. The number of aromatic amines is 1. The number of nitrogens with one attached hydrogen (secondary N) is 1. The van der Waals surface area contributed by atoms with Crippen molar-refractivity contribution in [1.82, 2.24) is 29.8 Å². The van der Waals surface area contributed by atoms with Crippen molar-refractivity contribution in [2.75, 3.05) is 36.8 Å². The van der Waals surface area contributed by atoms with Crippen molar-refractivity contribution >= 4 is 11.8 Å². The van der Waals surface area contributed by atoms with Gasteiger partial charge in [0.05, 0.1) is 0 Å². The van der Waals surface area contributed by atoms with E-state index in [2.05, 4.69) is 34.7 Å². The van der Waals surface area contributed by atoms with Crippen molar-refractivity contribution in [2.45, 2.75) is 6.54 Å². The van der Waals surface area contributed by atoms with Gasteiger partial charge in [0.1, 0.15) is 11.5 Å². The molecule has 0 aliphatic carbocycles. The fraction of sp³-hybridized carbons (Fsp3) is 0.278. The van der Waals surface area contributed by atoms with E-state index in [9.17, 15) is 4.79 Å². The zero-order valence-electron chi connectivity index (χ0n) is 14.7. The van der Waals surface area contributed by atoms with Gasteiger partial charge in [-0.3, -0.25) is 19.7 Å². The van der Waals surface area contributed by atoms with E-state index in [0.717, 1.165) is 44.0 Å². The Labute approximate surface area is 155 Å². The molecular weight excluding hydrogens is 344 g/mol. The summed E-state index contributed by atoms with van der Waals surface area (Å²) in [5, 5.41) is 0. The van der Waals surface area contributed by atoms with Gasteiger partial charge in [-0.15, -0.1) is 0 Å². The molecule has 9 heteroatoms. The van der Waals surface area contributed by atoms with E-state index in [4.69, 9.17) is 5.73 Å². The van der Waals surface area contributed by atoms with Crippen LogP contribution in [0.4, 0.5) is 11.8 Å². The summed E-state index contributed by atoms with van der Waals surface area (Å²) in [7, 11) is 0. The maximum atomic E-state index is 11.6. The molecule has 3 aromatic heterocycles. The molecule has 1 aliphatic rings. The van der Waals surface area contributed by atoms with Crippen LogP contribution < -0.4 is 16.2 Å². The standard InChI is InChI=1S/C18H20N8O/c19-18-23-15(9-16(27)24-18)26-7-5-25(6-8-26)12-13-10-21-17(22-11-13)14-3-1-2-4-20-14/h1-4,9-11H,5-8,12H2,(H3,19,23,24,27). The third-order valence-corrected chi connectivity index (χ3v) is 4.45. The Bertz CT molecular complexity index is 949. The number of hydrogen-bond acceptors (Lipinski definition) is 8. The van der Waals surface area contributed by atoms with Crippen molar-refractivity contribution in [1.29, 1.82) is 0 Å². The Hall–Kier alpha value is -3.33. The highest BCUT2D eigenvalue weighted by Crippen LogP contribution is 2.15. The first-order chi connectivity index (χ1) is 13.2. The lowest BCUT2D eigenvalue weighted by molar-refractivity contribution is 0.249. The second-order valence-corrected chi connectivity index (χ2v) is 6.38. The van der Waals surface area contributed by atoms with E-state index in [-0.39, 0.29) is 11.5 Å². The van der Waals surface area contributed by atoms with Crippen molar-refractivity contribution in [3.63, 3.8) is 0 Å². The number of anilines is 2. The monoisotopic (exact) mass is 364 g/mol. The average Bonchev–Trinajstić information content (AvgIpc) is 2.69. The molecule has 3 aromatic rings. The normalized spacial score (nSPS) is 15.0. The van der Waals surface area contributed by atoms with Gasteiger partial charge >= 0.3 is 0 Å². The van der Waals surface area contributed by atoms with E-state index in [0.29, 0.717) is 11.6 Å². The lowest BCUT2D eigenvalue weighted by Gasteiger charge is -2.35. The molecule has 0 amide bonds. The SMILES string of the molecule is Nc1nc(N2CCN(Cc3cnc(-c4ccccn4)nc3)CC2)cc(=O)[nH]1. The summed E-state index contributed by atoms with van der Waals surface area (Å²) in [4.78, 5) is 35.7. The van der Waals surface area contributed by atoms with Crippen LogP contribution in [0.1, 0.15) is 5.56 Å². The number of nitrogens with zero attached hydrogens (tertiary/aromatic N) is 6. The number of pyridine rings is 1. The molecule has 0 aromatic carbocycles. The van der Waals surface area contributed by atoms with E-state index in [1.165, 1.54) is 6.07 Å². The molecule has 0 unspecified atom stereocenters. The first-order valence-corrected chi connectivity index (χ1v) is 8.74. The smallest absolute Gasteiger partial charge is 0.254 e. The summed E-state index contributed by atoms with van der Waals surface area (Å²) in [6.45, 7) is 4.06. The van der Waals surface area contributed by atoms with Crippen LogP contribution in [-0.4, -0.2) is 56.0 Å². The molecule has 1 saturated heterocycles. The van der Waals surface area contributed by atoms with Crippen LogP contribution in [-0.2, 0) is 6.54 Å². The van der Waals surface area contributed by atoms with Crippen molar-refractivity contribution in [2.24, 2.45) is 0 Å². The highest BCUT2D eigenvalue weighted by molar-refractivity contribution is 5.47. The average molecular weight is 364 g/mol. The molecule has 0 saturated carbocycles. The minimum absolute atomic E-state index is 0.144. The van der Waals surface area contributed by atoms with Gasteiger partial charge in [-0.05, 0) is 12.1 Å². The van der Waals surface area contributed by atoms with Gasteiger partial charge in [0.2, 0.25) is 5.95 Å². The predicted molar refractivity (Wildman–Crippen MR) is 102 cm³/mol. The maximum absolute atomic E-state index is 11.6. The van der Waals surface area contributed by atoms with Crippen LogP contribution in [0.5, 0.6) is 0 Å². The third kappa shape index (κ3) is 4.09. The van der Waals surface area contributed by atoms with Crippen LogP contribution in [0.25, 0.3) is 11.5 Å². The van der Waals surface area contributed by atoms with Crippen LogP contribution in [0, 0.1) is 0 Å². The molecule has 0 spiro atoms. The number of nitrogens with two attached hydrogens (primary N) is 1. The summed E-state index contributed by atoms with van der Waals surface area (Å²) < 4.78 is 0. The molecule has 27 heavy (non-hydrogen) atoms. The maximum Gasteiger partial charge on any atom is 0.254 e. The molecule has 1 aliphatic heterocycles. The lowest BCUT2D eigenvalue weighted by Crippen LogP contribution is -2.46. The minimum Gasteiger partial charge on any atom is -0.369 e. The van der Waals surface area contributed by atoms with Gasteiger partial charge in [0, 0.05) is 62.9 Å². The summed E-state index contributed by atoms with van der Waals surface area (Å²) in [5.74, 6) is 1.39. The highest BCUT2D eigenvalue weighted by atomic mass is 16.1. The van der Waals surface area contributed by atoms with Crippen molar-refractivity contribution in [3.8, 4) is 11.5 Å². The van der Waals surface area contributed by atoms with Crippen LogP contribution >= 0.6 is 0 Å². The first-order valence-electron chi connectivity index (χ1n) is 8.74. The Kier molecular flexibility index (Phi) is 4.75. The third-order valence-electron chi connectivity index (χ3n) is 4.45. The fourth-order valence-corrected chi connectivity index (χ4v) is 3.08. The van der Waals surface area contributed by atoms with Crippen molar-refractivity contribution < 1.29 is 0 Å². The topological polar surface area (TPSA) is 117 Å². The van der Waals surface area contributed by atoms with Gasteiger partial charge in [-0.1, -0.05) is 6.07 Å². The van der Waals surface area contributed by atoms with Gasteiger partial charge in [-0.25, -0.2) is 9.97 Å². The second kappa shape index (κ2) is 7.50. The number of piperazine rings is 1. The molecule has 4 rings (SSSR count). The predicted octanol–water partition coefficient (Wildman–Crippen LogP) is 0.526. The minimum atomic E-state index is -0.231. The molecule has 1 fully saturated rings. The van der Waals surface area contributed by atoms with Crippen molar-refractivity contribution in [3.05, 3.63) is 58.8 Å². The van der Waals surface area contributed by atoms with Gasteiger partial charge in [-0.2, -0.15) is 4.98 Å². The molecule has 0 radical (unpaired) electrons. The van der Waals surface area contributed by atoms with Crippen LogP contribution in [0.3, 0.4) is 0 Å². The zero-order valence-corrected chi connectivity index (χ0v) is 14.7. The molecule has 4 heterocycles. The number of hydrogen-bond donors (Lipinski definition) is 2. The number of nitrogen functional groups attached to an aromatic ring is 1. The van der Waals surface area contributed by atoms with Gasteiger partial charge in [0.15, 0.2) is 5.82 Å². The number of rotatable bonds is 4. The Morgan fingerprint density at radius 1 is 1.07 bits per heavy atom. The molecule has 138 valence electrons. The molecule has 0 bridgehead atoms. The molecule has 0 atom stereocenters. The summed E-state index contributed by atoms with van der Waals surface area (Å²) in [6.07, 6.45) is 5.43. The summed E-state index contributed by atoms with van der Waals surface area (Å²) in [5.41, 5.74) is 7.22. The Balaban J connectivity index is 1.36. The summed E-state index contributed by atoms with van der Waals surface area (Å²) in [6, 6.07) is 7.16. The zero-order chi connectivity index (χ0) is 18.6. The number of aromatic nitrogens is 5. The van der Waals surface area contributed by atoms with Crippen LogP contribution in [0.15, 0.2) is 47.7 Å². The summed E-state index contributed by atoms with van der Waals surface area (Å²) >= 11 is 0. The fourth-order valence-electron chi connectivity index (χ4n) is 3.08. The lowest BCUT2D eigenvalue weighted by atomic mass is 10.2. The highest BCUT2D eigenvalue weighted by Gasteiger charge is 2.19. The molecule has 3 N–H and O–H groups in total. The number of H-pyrrole nitrogens is 1. The van der Waals surface area contributed by atoms with Gasteiger partial charge in [0.25, 0.3) is 5.56 Å². The quantitative estimate of drug-likeness (QED) is 0.688. The van der Waals surface area contributed by atoms with Crippen LogP contribution in [0.2, 0.25) is 0 Å². The van der Waals surface area contributed by atoms with E-state index in [1.807, 2.05) is 30.6 Å².